The zero-order valence-corrected chi connectivity index (χ0v) is 19.9. The van der Waals surface area contributed by atoms with E-state index in [1.165, 1.54) is 57.8 Å². The summed E-state index contributed by atoms with van der Waals surface area (Å²) in [7, 11) is 0. The molecule has 0 bridgehead atoms. The van der Waals surface area contributed by atoms with Gasteiger partial charge in [-0.3, -0.25) is 0 Å². The van der Waals surface area contributed by atoms with Crippen molar-refractivity contribution < 1.29 is 10.2 Å². The van der Waals surface area contributed by atoms with Gasteiger partial charge in [0.05, 0.1) is 12.2 Å². The van der Waals surface area contributed by atoms with Gasteiger partial charge in [-0.25, -0.2) is 0 Å². The van der Waals surface area contributed by atoms with E-state index in [0.29, 0.717) is 17.3 Å². The van der Waals surface area contributed by atoms with Crippen molar-refractivity contribution >= 4 is 0 Å². The molecule has 4 fully saturated rings. The van der Waals surface area contributed by atoms with Gasteiger partial charge in [-0.1, -0.05) is 53.9 Å². The van der Waals surface area contributed by atoms with Crippen molar-refractivity contribution in [1.29, 1.82) is 0 Å². The maximum absolute atomic E-state index is 11.1. The molecule has 2 N–H and O–H groups in total. The maximum Gasteiger partial charge on any atom is 0.0857 e. The van der Waals surface area contributed by atoms with Crippen LogP contribution < -0.4 is 0 Å². The quantitative estimate of drug-likeness (QED) is 0.553. The molecule has 0 unspecified atom stereocenters. The third-order valence-corrected chi connectivity index (χ3v) is 11.0. The van der Waals surface area contributed by atoms with Crippen molar-refractivity contribution in [1.82, 2.24) is 0 Å². The molecular formula is C27H48O2. The molecule has 2 heteroatoms. The van der Waals surface area contributed by atoms with Gasteiger partial charge in [0.1, 0.15) is 0 Å². The normalized spacial score (nSPS) is 50.7. The first-order valence-electron chi connectivity index (χ1n) is 13.1. The maximum atomic E-state index is 11.1. The highest BCUT2D eigenvalue weighted by atomic mass is 16.3. The molecule has 0 aliphatic heterocycles. The van der Waals surface area contributed by atoms with E-state index in [4.69, 9.17) is 0 Å². The second-order valence-corrected chi connectivity index (χ2v) is 12.6. The van der Waals surface area contributed by atoms with Gasteiger partial charge in [0.2, 0.25) is 0 Å². The first kappa shape index (κ1) is 22.1. The van der Waals surface area contributed by atoms with Gasteiger partial charge in [-0.15, -0.1) is 0 Å². The van der Waals surface area contributed by atoms with Gasteiger partial charge in [0, 0.05) is 5.41 Å². The fraction of sp³-hybridized carbons (Fsp3) is 1.00. The SMILES string of the molecule is CC(C)CCC[C@@H](C)[C@H]1CC[C@H]2[C@@H]3CC[C@H]4CC[C@H](O)[C@H](O)[C@]4(C)[C@H]3CC[C@]12C. The van der Waals surface area contributed by atoms with Gasteiger partial charge in [-0.05, 0) is 98.2 Å². The highest BCUT2D eigenvalue weighted by molar-refractivity contribution is 5.12. The van der Waals surface area contributed by atoms with E-state index in [1.54, 1.807) is 0 Å². The van der Waals surface area contributed by atoms with E-state index >= 15 is 0 Å². The van der Waals surface area contributed by atoms with Crippen LogP contribution in [0.3, 0.4) is 0 Å². The van der Waals surface area contributed by atoms with Crippen LogP contribution in [-0.2, 0) is 0 Å². The highest BCUT2D eigenvalue weighted by Crippen LogP contribution is 2.68. The first-order valence-corrected chi connectivity index (χ1v) is 13.1. The van der Waals surface area contributed by atoms with E-state index in [9.17, 15) is 10.2 Å². The smallest absolute Gasteiger partial charge is 0.0857 e. The summed E-state index contributed by atoms with van der Waals surface area (Å²) in [5.41, 5.74) is 0.461. The predicted molar refractivity (Wildman–Crippen MR) is 120 cm³/mol. The third-order valence-electron chi connectivity index (χ3n) is 11.0. The van der Waals surface area contributed by atoms with Crippen LogP contribution >= 0.6 is 0 Å². The summed E-state index contributed by atoms with van der Waals surface area (Å²) in [6.45, 7) is 12.2. The molecule has 0 amide bonds. The minimum absolute atomic E-state index is 0.0527. The molecule has 0 heterocycles. The Balaban J connectivity index is 1.50. The molecular weight excluding hydrogens is 356 g/mol. The van der Waals surface area contributed by atoms with Crippen LogP contribution in [0.15, 0.2) is 0 Å². The number of aliphatic hydroxyl groups is 2. The molecule has 0 aromatic carbocycles. The Hall–Kier alpha value is -0.0800. The molecule has 0 saturated heterocycles. The average Bonchev–Trinajstić information content (AvgIpc) is 3.02. The number of rotatable bonds is 5. The number of hydrogen-bond donors (Lipinski definition) is 2. The third kappa shape index (κ3) is 3.53. The van der Waals surface area contributed by atoms with Gasteiger partial charge in [0.25, 0.3) is 0 Å². The summed E-state index contributed by atoms with van der Waals surface area (Å²) in [5.74, 6) is 5.46. The largest absolute Gasteiger partial charge is 0.390 e. The number of hydrogen-bond acceptors (Lipinski definition) is 2. The van der Waals surface area contributed by atoms with E-state index in [1.807, 2.05) is 0 Å². The summed E-state index contributed by atoms with van der Waals surface area (Å²) < 4.78 is 0. The van der Waals surface area contributed by atoms with Crippen LogP contribution in [-0.4, -0.2) is 22.4 Å². The Labute approximate surface area is 180 Å². The second kappa shape index (κ2) is 8.12. The summed E-state index contributed by atoms with van der Waals surface area (Å²) in [4.78, 5) is 0. The molecule has 0 radical (unpaired) electrons. The van der Waals surface area contributed by atoms with Crippen LogP contribution in [0.2, 0.25) is 0 Å². The monoisotopic (exact) mass is 404 g/mol. The van der Waals surface area contributed by atoms with E-state index in [0.717, 1.165) is 42.4 Å². The lowest BCUT2D eigenvalue weighted by Crippen LogP contribution is -2.60. The van der Waals surface area contributed by atoms with Crippen LogP contribution in [0.25, 0.3) is 0 Å². The van der Waals surface area contributed by atoms with E-state index < -0.39 is 12.2 Å². The predicted octanol–water partition coefficient (Wildman–Crippen LogP) is 6.44. The van der Waals surface area contributed by atoms with Crippen molar-refractivity contribution in [2.75, 3.05) is 0 Å². The molecule has 4 aliphatic rings. The molecule has 168 valence electrons. The number of aliphatic hydroxyl groups excluding tert-OH is 2. The van der Waals surface area contributed by atoms with Crippen molar-refractivity contribution in [2.45, 2.75) is 117 Å². The molecule has 2 nitrogen and oxygen atoms in total. The Morgan fingerprint density at radius 1 is 0.828 bits per heavy atom. The van der Waals surface area contributed by atoms with Crippen molar-refractivity contribution in [3.05, 3.63) is 0 Å². The first-order chi connectivity index (χ1) is 13.7. The van der Waals surface area contributed by atoms with Crippen LogP contribution in [0, 0.1) is 52.3 Å². The molecule has 4 saturated carbocycles. The van der Waals surface area contributed by atoms with Crippen LogP contribution in [0.4, 0.5) is 0 Å². The molecule has 0 aromatic rings. The molecule has 29 heavy (non-hydrogen) atoms. The molecule has 10 atom stereocenters. The molecule has 4 aliphatic carbocycles. The fourth-order valence-electron chi connectivity index (χ4n) is 9.35. The Kier molecular flexibility index (Phi) is 6.19. The zero-order chi connectivity index (χ0) is 21.0. The van der Waals surface area contributed by atoms with Crippen molar-refractivity contribution in [3.63, 3.8) is 0 Å². The zero-order valence-electron chi connectivity index (χ0n) is 19.9. The van der Waals surface area contributed by atoms with Crippen LogP contribution in [0.5, 0.6) is 0 Å². The Morgan fingerprint density at radius 2 is 1.55 bits per heavy atom. The van der Waals surface area contributed by atoms with Crippen molar-refractivity contribution in [2.24, 2.45) is 52.3 Å². The highest BCUT2D eigenvalue weighted by Gasteiger charge is 2.62. The van der Waals surface area contributed by atoms with Crippen molar-refractivity contribution in [3.8, 4) is 0 Å². The lowest BCUT2D eigenvalue weighted by molar-refractivity contribution is -0.196. The summed E-state index contributed by atoms with van der Waals surface area (Å²) in [5, 5.41) is 21.6. The minimum Gasteiger partial charge on any atom is -0.390 e. The Bertz CT molecular complexity index is 569. The van der Waals surface area contributed by atoms with E-state index in [-0.39, 0.29) is 5.41 Å². The number of fused-ring (bicyclic) bond motifs is 5. The fourth-order valence-corrected chi connectivity index (χ4v) is 9.35. The lowest BCUT2D eigenvalue weighted by Gasteiger charge is -2.62. The van der Waals surface area contributed by atoms with Gasteiger partial charge < -0.3 is 10.2 Å². The van der Waals surface area contributed by atoms with E-state index in [2.05, 4.69) is 34.6 Å². The summed E-state index contributed by atoms with van der Waals surface area (Å²) in [6, 6.07) is 0. The second-order valence-electron chi connectivity index (χ2n) is 12.6. The molecule has 0 spiro atoms. The van der Waals surface area contributed by atoms with Crippen LogP contribution in [0.1, 0.15) is 105 Å². The topological polar surface area (TPSA) is 40.5 Å². The summed E-state index contributed by atoms with van der Waals surface area (Å²) >= 11 is 0. The van der Waals surface area contributed by atoms with Gasteiger partial charge in [-0.2, -0.15) is 0 Å². The Morgan fingerprint density at radius 3 is 2.28 bits per heavy atom. The lowest BCUT2D eigenvalue weighted by atomic mass is 9.43. The summed E-state index contributed by atoms with van der Waals surface area (Å²) in [6.07, 6.45) is 13.2. The average molecular weight is 405 g/mol. The minimum atomic E-state index is -0.509. The van der Waals surface area contributed by atoms with Gasteiger partial charge in [0.15, 0.2) is 0 Å². The standard InChI is InChI=1S/C27H48O2/c1-17(2)7-6-8-18(3)21-12-13-22-20-11-9-19-10-14-24(28)25(29)27(19,5)23(20)15-16-26(21,22)4/h17-25,28-29H,6-16H2,1-5H3/t18-,19+,20+,21-,22+,23+,24+,25+,26-,27+/m1/s1. The molecule has 0 aromatic heterocycles. The molecule has 4 rings (SSSR count). The van der Waals surface area contributed by atoms with Gasteiger partial charge >= 0.3 is 0 Å².